The molecule has 0 bridgehead atoms. The van der Waals surface area contributed by atoms with Gasteiger partial charge in [0, 0.05) is 48.8 Å². The molecule has 1 aliphatic rings. The van der Waals surface area contributed by atoms with Crippen LogP contribution in [0.25, 0.3) is 0 Å². The van der Waals surface area contributed by atoms with Gasteiger partial charge in [-0.3, -0.25) is 4.90 Å². The van der Waals surface area contributed by atoms with Gasteiger partial charge in [0.05, 0.1) is 19.9 Å². The number of methoxy groups -OCH3 is 2. The highest BCUT2D eigenvalue weighted by Gasteiger charge is 2.20. The van der Waals surface area contributed by atoms with E-state index in [1.807, 2.05) is 30.3 Å². The van der Waals surface area contributed by atoms with Crippen LogP contribution in [0.3, 0.4) is 0 Å². The quantitative estimate of drug-likeness (QED) is 0.689. The first-order valence-corrected chi connectivity index (χ1v) is 10.1. The number of ether oxygens (including phenoxy) is 2. The summed E-state index contributed by atoms with van der Waals surface area (Å²) in [5.41, 5.74) is 1.88. The SMILES string of the molecule is COc1ccc(OC)c(NC(=S)N2CCN(Cc3ccc(Cl)cc3Cl)CC2)c1. The van der Waals surface area contributed by atoms with E-state index in [2.05, 4.69) is 15.1 Å². The molecule has 0 aromatic heterocycles. The zero-order valence-corrected chi connectivity index (χ0v) is 18.2. The second kappa shape index (κ2) is 9.65. The van der Waals surface area contributed by atoms with Crippen molar-refractivity contribution in [3.05, 3.63) is 52.0 Å². The fourth-order valence-electron chi connectivity index (χ4n) is 3.11. The highest BCUT2D eigenvalue weighted by atomic mass is 35.5. The van der Waals surface area contributed by atoms with Crippen molar-refractivity contribution in [2.24, 2.45) is 0 Å². The molecule has 1 heterocycles. The van der Waals surface area contributed by atoms with Crippen LogP contribution in [0.5, 0.6) is 11.5 Å². The third-order valence-corrected chi connectivity index (χ3v) is 5.66. The molecular weight excluding hydrogens is 417 g/mol. The van der Waals surface area contributed by atoms with Gasteiger partial charge in [-0.15, -0.1) is 0 Å². The van der Waals surface area contributed by atoms with Gasteiger partial charge in [0.2, 0.25) is 0 Å². The molecular formula is C20H23Cl2N3O2S. The van der Waals surface area contributed by atoms with Gasteiger partial charge >= 0.3 is 0 Å². The van der Waals surface area contributed by atoms with E-state index >= 15 is 0 Å². The van der Waals surface area contributed by atoms with Crippen LogP contribution in [0.2, 0.25) is 10.0 Å². The molecule has 0 radical (unpaired) electrons. The minimum Gasteiger partial charge on any atom is -0.497 e. The number of anilines is 1. The van der Waals surface area contributed by atoms with E-state index in [1.165, 1.54) is 0 Å². The summed E-state index contributed by atoms with van der Waals surface area (Å²) in [6.07, 6.45) is 0. The summed E-state index contributed by atoms with van der Waals surface area (Å²) < 4.78 is 10.7. The minimum atomic E-state index is 0.656. The zero-order valence-electron chi connectivity index (χ0n) is 15.9. The molecule has 2 aromatic rings. The van der Waals surface area contributed by atoms with E-state index in [0.29, 0.717) is 15.2 Å². The Hall–Kier alpha value is -1.73. The molecule has 28 heavy (non-hydrogen) atoms. The molecule has 0 unspecified atom stereocenters. The Morgan fingerprint density at radius 1 is 1.04 bits per heavy atom. The number of rotatable bonds is 5. The van der Waals surface area contributed by atoms with Gasteiger partial charge in [-0.25, -0.2) is 0 Å². The van der Waals surface area contributed by atoms with E-state index in [0.717, 1.165) is 55.5 Å². The smallest absolute Gasteiger partial charge is 0.173 e. The molecule has 1 fully saturated rings. The molecule has 5 nitrogen and oxygen atoms in total. The molecule has 0 amide bonds. The van der Waals surface area contributed by atoms with E-state index in [1.54, 1.807) is 20.3 Å². The van der Waals surface area contributed by atoms with Crippen LogP contribution >= 0.6 is 35.4 Å². The topological polar surface area (TPSA) is 37.0 Å². The lowest BCUT2D eigenvalue weighted by Gasteiger charge is -2.36. The number of thiocarbonyl (C=S) groups is 1. The molecule has 1 N–H and O–H groups in total. The van der Waals surface area contributed by atoms with Crippen molar-refractivity contribution >= 4 is 46.2 Å². The van der Waals surface area contributed by atoms with Crippen LogP contribution in [-0.4, -0.2) is 55.3 Å². The normalized spacial score (nSPS) is 14.6. The van der Waals surface area contributed by atoms with E-state index < -0.39 is 0 Å². The van der Waals surface area contributed by atoms with Crippen molar-refractivity contribution in [2.75, 3.05) is 45.7 Å². The summed E-state index contributed by atoms with van der Waals surface area (Å²) in [5, 5.41) is 5.32. The van der Waals surface area contributed by atoms with E-state index in [-0.39, 0.29) is 0 Å². The minimum absolute atomic E-state index is 0.656. The standard InChI is InChI=1S/C20H23Cl2N3O2S/c1-26-16-5-6-19(27-2)18(12-16)23-20(28)25-9-7-24(8-10-25)13-14-3-4-15(21)11-17(14)22/h3-6,11-12H,7-10,13H2,1-2H3,(H,23,28). The third kappa shape index (κ3) is 5.20. The summed E-state index contributed by atoms with van der Waals surface area (Å²) in [4.78, 5) is 4.52. The lowest BCUT2D eigenvalue weighted by molar-refractivity contribution is 0.177. The third-order valence-electron chi connectivity index (χ3n) is 4.72. The van der Waals surface area contributed by atoms with Gasteiger partial charge in [0.15, 0.2) is 5.11 Å². The average molecular weight is 440 g/mol. The zero-order chi connectivity index (χ0) is 20.1. The van der Waals surface area contributed by atoms with Crippen molar-refractivity contribution in [1.29, 1.82) is 0 Å². The molecule has 1 aliphatic heterocycles. The Kier molecular flexibility index (Phi) is 7.24. The highest BCUT2D eigenvalue weighted by Crippen LogP contribution is 2.29. The first kappa shape index (κ1) is 21.0. The lowest BCUT2D eigenvalue weighted by Crippen LogP contribution is -2.49. The highest BCUT2D eigenvalue weighted by molar-refractivity contribution is 7.80. The first-order valence-electron chi connectivity index (χ1n) is 8.94. The molecule has 0 atom stereocenters. The first-order chi connectivity index (χ1) is 13.5. The summed E-state index contributed by atoms with van der Waals surface area (Å²) in [7, 11) is 3.27. The van der Waals surface area contributed by atoms with E-state index in [4.69, 9.17) is 44.9 Å². The lowest BCUT2D eigenvalue weighted by atomic mass is 10.2. The van der Waals surface area contributed by atoms with Gasteiger partial charge in [-0.05, 0) is 42.0 Å². The summed E-state index contributed by atoms with van der Waals surface area (Å²) in [5.74, 6) is 1.47. The van der Waals surface area contributed by atoms with Gasteiger partial charge in [0.1, 0.15) is 11.5 Å². The van der Waals surface area contributed by atoms with Crippen LogP contribution in [0.1, 0.15) is 5.56 Å². The average Bonchev–Trinajstić information content (AvgIpc) is 2.70. The molecule has 1 saturated heterocycles. The van der Waals surface area contributed by atoms with Crippen LogP contribution < -0.4 is 14.8 Å². The number of hydrogen-bond acceptors (Lipinski definition) is 4. The summed E-state index contributed by atoms with van der Waals surface area (Å²) in [6, 6.07) is 11.2. The van der Waals surface area contributed by atoms with Crippen LogP contribution in [0.4, 0.5) is 5.69 Å². The Balaban J connectivity index is 1.57. The van der Waals surface area contributed by atoms with Crippen molar-refractivity contribution in [2.45, 2.75) is 6.54 Å². The van der Waals surface area contributed by atoms with Crippen LogP contribution in [0.15, 0.2) is 36.4 Å². The molecule has 3 rings (SSSR count). The maximum Gasteiger partial charge on any atom is 0.173 e. The Morgan fingerprint density at radius 3 is 2.43 bits per heavy atom. The van der Waals surface area contributed by atoms with E-state index in [9.17, 15) is 0 Å². The van der Waals surface area contributed by atoms with Gasteiger partial charge in [-0.2, -0.15) is 0 Å². The number of piperazine rings is 1. The van der Waals surface area contributed by atoms with Crippen LogP contribution in [-0.2, 0) is 6.54 Å². The monoisotopic (exact) mass is 439 g/mol. The molecule has 8 heteroatoms. The fourth-order valence-corrected chi connectivity index (χ4v) is 3.87. The van der Waals surface area contributed by atoms with Crippen molar-refractivity contribution in [1.82, 2.24) is 9.80 Å². The predicted molar refractivity (Wildman–Crippen MR) is 119 cm³/mol. The van der Waals surface area contributed by atoms with Crippen LogP contribution in [0, 0.1) is 0 Å². The predicted octanol–water partition coefficient (Wildman–Crippen LogP) is 4.53. The Morgan fingerprint density at radius 2 is 1.79 bits per heavy atom. The number of nitrogens with one attached hydrogen (secondary N) is 1. The van der Waals surface area contributed by atoms with Gasteiger partial charge in [-0.1, -0.05) is 29.3 Å². The fraction of sp³-hybridized carbons (Fsp3) is 0.350. The molecule has 2 aromatic carbocycles. The second-order valence-electron chi connectivity index (χ2n) is 6.50. The molecule has 0 spiro atoms. The maximum atomic E-state index is 6.30. The number of hydrogen-bond donors (Lipinski definition) is 1. The Labute approximate surface area is 181 Å². The largest absolute Gasteiger partial charge is 0.497 e. The van der Waals surface area contributed by atoms with Gasteiger partial charge in [0.25, 0.3) is 0 Å². The Bertz CT molecular complexity index is 842. The number of halogens is 2. The maximum absolute atomic E-state index is 6.30. The van der Waals surface area contributed by atoms with Crippen molar-refractivity contribution in [3.8, 4) is 11.5 Å². The van der Waals surface area contributed by atoms with Crippen molar-refractivity contribution < 1.29 is 9.47 Å². The number of benzene rings is 2. The molecule has 0 saturated carbocycles. The molecule has 150 valence electrons. The van der Waals surface area contributed by atoms with Crippen molar-refractivity contribution in [3.63, 3.8) is 0 Å². The number of nitrogens with zero attached hydrogens (tertiary/aromatic N) is 2. The summed E-state index contributed by atoms with van der Waals surface area (Å²) >= 11 is 17.9. The second-order valence-corrected chi connectivity index (χ2v) is 7.73. The summed E-state index contributed by atoms with van der Waals surface area (Å²) in [6.45, 7) is 4.27. The van der Waals surface area contributed by atoms with Gasteiger partial charge < -0.3 is 19.7 Å². The molecule has 0 aliphatic carbocycles.